The molecular formula is C18H23BrN2O3. The highest BCUT2D eigenvalue weighted by atomic mass is 79.9. The predicted octanol–water partition coefficient (Wildman–Crippen LogP) is 2.14. The lowest BCUT2D eigenvalue weighted by molar-refractivity contribution is -0.132. The monoisotopic (exact) mass is 394 g/mol. The highest BCUT2D eigenvalue weighted by Crippen LogP contribution is 2.35. The Kier molecular flexibility index (Phi) is 5.56. The van der Waals surface area contributed by atoms with Gasteiger partial charge in [-0.25, -0.2) is 0 Å². The van der Waals surface area contributed by atoms with Crippen molar-refractivity contribution < 1.29 is 14.3 Å². The van der Waals surface area contributed by atoms with Gasteiger partial charge in [0.25, 0.3) is 0 Å². The zero-order valence-electron chi connectivity index (χ0n) is 13.6. The lowest BCUT2D eigenvalue weighted by atomic mass is 9.74. The molecule has 24 heavy (non-hydrogen) atoms. The Morgan fingerprint density at radius 1 is 1.29 bits per heavy atom. The quantitative estimate of drug-likeness (QED) is 0.821. The van der Waals surface area contributed by atoms with Gasteiger partial charge in [-0.1, -0.05) is 28.1 Å². The van der Waals surface area contributed by atoms with E-state index in [9.17, 15) is 9.59 Å². The number of benzene rings is 1. The molecule has 1 unspecified atom stereocenters. The highest BCUT2D eigenvalue weighted by molar-refractivity contribution is 9.10. The maximum Gasteiger partial charge on any atom is 0.223 e. The van der Waals surface area contributed by atoms with Gasteiger partial charge in [-0.3, -0.25) is 9.59 Å². The van der Waals surface area contributed by atoms with E-state index in [-0.39, 0.29) is 23.1 Å². The van der Waals surface area contributed by atoms with E-state index in [2.05, 4.69) is 38.7 Å². The van der Waals surface area contributed by atoms with E-state index in [1.165, 1.54) is 5.56 Å². The zero-order valence-corrected chi connectivity index (χ0v) is 15.2. The summed E-state index contributed by atoms with van der Waals surface area (Å²) in [6.07, 6.45) is 2.78. The number of hydrogen-bond acceptors (Lipinski definition) is 3. The fourth-order valence-electron chi connectivity index (χ4n) is 3.54. The van der Waals surface area contributed by atoms with Gasteiger partial charge in [0.2, 0.25) is 11.8 Å². The van der Waals surface area contributed by atoms with Crippen molar-refractivity contribution >= 4 is 27.7 Å². The Morgan fingerprint density at radius 3 is 2.67 bits per heavy atom. The van der Waals surface area contributed by atoms with Crippen molar-refractivity contribution in [3.8, 4) is 0 Å². The van der Waals surface area contributed by atoms with Crippen molar-refractivity contribution in [2.24, 2.45) is 5.92 Å². The fourth-order valence-corrected chi connectivity index (χ4v) is 3.81. The first-order chi connectivity index (χ1) is 11.6. The number of halogens is 1. The van der Waals surface area contributed by atoms with Gasteiger partial charge in [0.1, 0.15) is 0 Å². The smallest absolute Gasteiger partial charge is 0.223 e. The molecule has 0 bridgehead atoms. The largest absolute Gasteiger partial charge is 0.381 e. The number of hydrogen-bond donors (Lipinski definition) is 2. The molecule has 0 aliphatic carbocycles. The topological polar surface area (TPSA) is 67.4 Å². The molecule has 1 atom stereocenters. The van der Waals surface area contributed by atoms with E-state index in [0.29, 0.717) is 39.1 Å². The Hall–Kier alpha value is -1.40. The third-order valence-electron chi connectivity index (χ3n) is 5.13. The summed E-state index contributed by atoms with van der Waals surface area (Å²) in [6, 6.07) is 8.32. The predicted molar refractivity (Wildman–Crippen MR) is 94.6 cm³/mol. The Morgan fingerprint density at radius 2 is 2.00 bits per heavy atom. The average Bonchev–Trinajstić information content (AvgIpc) is 2.61. The van der Waals surface area contributed by atoms with Crippen LogP contribution in [-0.2, 0) is 19.7 Å². The number of nitrogens with one attached hydrogen (secondary N) is 2. The second-order valence-corrected chi connectivity index (χ2v) is 7.57. The van der Waals surface area contributed by atoms with Crippen molar-refractivity contribution in [3.05, 3.63) is 34.3 Å². The highest BCUT2D eigenvalue weighted by Gasteiger charge is 2.36. The summed E-state index contributed by atoms with van der Waals surface area (Å²) in [6.45, 7) is 2.59. The number of piperidine rings is 1. The first kappa shape index (κ1) is 17.4. The molecule has 0 saturated carbocycles. The SMILES string of the molecule is O=C1CC(C(=O)NCC2(c3ccc(Br)cc3)CCOCC2)CCN1. The van der Waals surface area contributed by atoms with Gasteiger partial charge in [-0.15, -0.1) is 0 Å². The molecule has 6 heteroatoms. The van der Waals surface area contributed by atoms with Crippen LogP contribution in [-0.4, -0.2) is 38.1 Å². The Labute approximate surface area is 150 Å². The van der Waals surface area contributed by atoms with Crippen LogP contribution in [0.3, 0.4) is 0 Å². The summed E-state index contributed by atoms with van der Waals surface area (Å²) in [5.74, 6) is -0.247. The summed E-state index contributed by atoms with van der Waals surface area (Å²) in [7, 11) is 0. The molecule has 130 valence electrons. The Balaban J connectivity index is 1.69. The van der Waals surface area contributed by atoms with E-state index in [1.807, 2.05) is 12.1 Å². The van der Waals surface area contributed by atoms with E-state index >= 15 is 0 Å². The van der Waals surface area contributed by atoms with Crippen LogP contribution < -0.4 is 10.6 Å². The number of carbonyl (C=O) groups is 2. The molecule has 0 aromatic heterocycles. The van der Waals surface area contributed by atoms with E-state index in [0.717, 1.165) is 17.3 Å². The second kappa shape index (κ2) is 7.66. The lowest BCUT2D eigenvalue weighted by Crippen LogP contribution is -2.47. The van der Waals surface area contributed by atoms with Gasteiger partial charge in [0, 0.05) is 48.5 Å². The van der Waals surface area contributed by atoms with Crippen molar-refractivity contribution in [2.45, 2.75) is 31.1 Å². The average molecular weight is 395 g/mol. The van der Waals surface area contributed by atoms with Crippen LogP contribution in [0, 0.1) is 5.92 Å². The summed E-state index contributed by atoms with van der Waals surface area (Å²) < 4.78 is 6.58. The number of rotatable bonds is 4. The van der Waals surface area contributed by atoms with E-state index < -0.39 is 0 Å². The van der Waals surface area contributed by atoms with Gasteiger partial charge >= 0.3 is 0 Å². The molecule has 2 N–H and O–H groups in total. The first-order valence-electron chi connectivity index (χ1n) is 8.47. The van der Waals surface area contributed by atoms with Crippen molar-refractivity contribution in [3.63, 3.8) is 0 Å². The van der Waals surface area contributed by atoms with Crippen LogP contribution in [0.5, 0.6) is 0 Å². The zero-order chi connectivity index (χ0) is 17.0. The van der Waals surface area contributed by atoms with Gasteiger partial charge in [-0.05, 0) is 37.0 Å². The molecular weight excluding hydrogens is 372 g/mol. The minimum absolute atomic E-state index is 0.00664. The molecule has 2 heterocycles. The molecule has 2 fully saturated rings. The second-order valence-electron chi connectivity index (χ2n) is 6.66. The summed E-state index contributed by atoms with van der Waals surface area (Å²) in [5, 5.41) is 5.88. The van der Waals surface area contributed by atoms with Gasteiger partial charge < -0.3 is 15.4 Å². The molecule has 1 aromatic carbocycles. The number of carbonyl (C=O) groups excluding carboxylic acids is 2. The molecule has 1 aromatic rings. The molecule has 2 saturated heterocycles. The van der Waals surface area contributed by atoms with Gasteiger partial charge in [0.15, 0.2) is 0 Å². The Bertz CT molecular complexity index is 597. The summed E-state index contributed by atoms with van der Waals surface area (Å²) in [5.41, 5.74) is 1.14. The van der Waals surface area contributed by atoms with Crippen LogP contribution >= 0.6 is 15.9 Å². The normalized spacial score (nSPS) is 23.4. The van der Waals surface area contributed by atoms with Crippen LogP contribution in [0.2, 0.25) is 0 Å². The van der Waals surface area contributed by atoms with Crippen molar-refractivity contribution in [1.29, 1.82) is 0 Å². The van der Waals surface area contributed by atoms with E-state index in [1.54, 1.807) is 0 Å². The van der Waals surface area contributed by atoms with Crippen LogP contribution in [0.25, 0.3) is 0 Å². The number of amides is 2. The molecule has 5 nitrogen and oxygen atoms in total. The fraction of sp³-hybridized carbons (Fsp3) is 0.556. The van der Waals surface area contributed by atoms with Crippen LogP contribution in [0.1, 0.15) is 31.2 Å². The molecule has 3 rings (SSSR count). The summed E-state index contributed by atoms with van der Waals surface area (Å²) in [4.78, 5) is 24.0. The maximum absolute atomic E-state index is 12.5. The number of ether oxygens (including phenoxy) is 1. The van der Waals surface area contributed by atoms with Gasteiger partial charge in [0.05, 0.1) is 0 Å². The summed E-state index contributed by atoms with van der Waals surface area (Å²) >= 11 is 3.47. The van der Waals surface area contributed by atoms with Crippen molar-refractivity contribution in [1.82, 2.24) is 10.6 Å². The molecule has 2 aliphatic rings. The lowest BCUT2D eigenvalue weighted by Gasteiger charge is -2.38. The molecule has 2 amide bonds. The maximum atomic E-state index is 12.5. The van der Waals surface area contributed by atoms with Crippen molar-refractivity contribution in [2.75, 3.05) is 26.3 Å². The first-order valence-corrected chi connectivity index (χ1v) is 9.27. The van der Waals surface area contributed by atoms with Crippen LogP contribution in [0.4, 0.5) is 0 Å². The molecule has 0 spiro atoms. The molecule has 0 radical (unpaired) electrons. The van der Waals surface area contributed by atoms with Crippen LogP contribution in [0.15, 0.2) is 28.7 Å². The standard InChI is InChI=1S/C18H23BrN2O3/c19-15-3-1-14(2-4-15)18(6-9-24-10-7-18)12-21-17(23)13-5-8-20-16(22)11-13/h1-4,13H,5-12H2,(H,20,22)(H,21,23). The minimum Gasteiger partial charge on any atom is -0.381 e. The third kappa shape index (κ3) is 3.98. The molecule has 2 aliphatic heterocycles. The third-order valence-corrected chi connectivity index (χ3v) is 5.65. The minimum atomic E-state index is -0.208. The van der Waals surface area contributed by atoms with Gasteiger partial charge in [-0.2, -0.15) is 0 Å². The van der Waals surface area contributed by atoms with E-state index in [4.69, 9.17) is 4.74 Å².